The predicted molar refractivity (Wildman–Crippen MR) is 120 cm³/mol. The van der Waals surface area contributed by atoms with Crippen molar-refractivity contribution in [1.82, 2.24) is 19.3 Å². The van der Waals surface area contributed by atoms with E-state index in [2.05, 4.69) is 15.6 Å². The molecule has 164 valence electrons. The molecule has 0 aliphatic rings. The lowest BCUT2D eigenvalue weighted by molar-refractivity contribution is 0.102. The molecule has 8 nitrogen and oxygen atoms in total. The van der Waals surface area contributed by atoms with Crippen molar-refractivity contribution in [3.63, 3.8) is 0 Å². The number of benzene rings is 2. The molecule has 1 aromatic heterocycles. The monoisotopic (exact) mass is 461 g/mol. The van der Waals surface area contributed by atoms with Gasteiger partial charge in [-0.25, -0.2) is 13.1 Å². The Morgan fingerprint density at radius 1 is 1.13 bits per heavy atom. The molecule has 0 atom stereocenters. The zero-order valence-electron chi connectivity index (χ0n) is 17.8. The highest BCUT2D eigenvalue weighted by Crippen LogP contribution is 2.24. The Bertz CT molecular complexity index is 1220. The van der Waals surface area contributed by atoms with Crippen LogP contribution >= 0.6 is 11.6 Å². The second kappa shape index (κ2) is 9.17. The van der Waals surface area contributed by atoms with E-state index in [-0.39, 0.29) is 10.6 Å². The first kappa shape index (κ1) is 22.9. The van der Waals surface area contributed by atoms with Gasteiger partial charge >= 0.3 is 0 Å². The van der Waals surface area contributed by atoms with E-state index in [1.807, 2.05) is 0 Å². The minimum atomic E-state index is -3.66. The standard InChI is InChI=1S/C21H24ClN5O3S/c1-5-26(6-2)31(29,30)19-13-17(11-10-14(19)3)23-21(28)20-15(4)27(25-24-20)18-9-7-8-16(22)12-18/h7-13H,5-6H2,1-4H3,(H,23,28). The van der Waals surface area contributed by atoms with Gasteiger partial charge in [-0.3, -0.25) is 4.79 Å². The summed E-state index contributed by atoms with van der Waals surface area (Å²) in [5.74, 6) is -0.485. The van der Waals surface area contributed by atoms with Crippen LogP contribution in [0, 0.1) is 13.8 Å². The van der Waals surface area contributed by atoms with Crippen molar-refractivity contribution in [3.8, 4) is 5.69 Å². The summed E-state index contributed by atoms with van der Waals surface area (Å²) in [7, 11) is -3.66. The van der Waals surface area contributed by atoms with Crippen LogP contribution in [0.1, 0.15) is 35.6 Å². The van der Waals surface area contributed by atoms with E-state index in [9.17, 15) is 13.2 Å². The molecule has 0 fully saturated rings. The molecule has 0 saturated heterocycles. The number of hydrogen-bond donors (Lipinski definition) is 1. The first-order valence-electron chi connectivity index (χ1n) is 9.79. The molecule has 0 radical (unpaired) electrons. The number of amides is 1. The summed E-state index contributed by atoms with van der Waals surface area (Å²) in [6.07, 6.45) is 0. The number of nitrogens with one attached hydrogen (secondary N) is 1. The van der Waals surface area contributed by atoms with Gasteiger partial charge < -0.3 is 5.32 Å². The predicted octanol–water partition coefficient (Wildman–Crippen LogP) is 3.82. The molecular weight excluding hydrogens is 438 g/mol. The van der Waals surface area contributed by atoms with Crippen LogP contribution in [0.4, 0.5) is 5.69 Å². The van der Waals surface area contributed by atoms with Crippen molar-refractivity contribution in [2.45, 2.75) is 32.6 Å². The van der Waals surface area contributed by atoms with Gasteiger partial charge in [0.1, 0.15) is 0 Å². The summed E-state index contributed by atoms with van der Waals surface area (Å²) in [4.78, 5) is 13.0. The Morgan fingerprint density at radius 3 is 2.48 bits per heavy atom. The van der Waals surface area contributed by atoms with Crippen LogP contribution in [0.15, 0.2) is 47.4 Å². The van der Waals surface area contributed by atoms with Crippen molar-refractivity contribution in [2.75, 3.05) is 18.4 Å². The van der Waals surface area contributed by atoms with Crippen LogP contribution in [-0.2, 0) is 10.0 Å². The number of aromatic nitrogens is 3. The molecule has 3 aromatic rings. The molecule has 10 heteroatoms. The fourth-order valence-corrected chi connectivity index (χ4v) is 5.13. The summed E-state index contributed by atoms with van der Waals surface area (Å²) in [6, 6.07) is 11.8. The van der Waals surface area contributed by atoms with Gasteiger partial charge in [-0.05, 0) is 49.7 Å². The summed E-state index contributed by atoms with van der Waals surface area (Å²) in [5.41, 5.74) is 2.31. The number of carbonyl (C=O) groups excluding carboxylic acids is 1. The van der Waals surface area contributed by atoms with E-state index in [0.717, 1.165) is 0 Å². The van der Waals surface area contributed by atoms with Crippen LogP contribution in [0.2, 0.25) is 5.02 Å². The Kier molecular flexibility index (Phi) is 6.78. The maximum atomic E-state index is 12.9. The van der Waals surface area contributed by atoms with Crippen LogP contribution in [0.3, 0.4) is 0 Å². The molecule has 0 spiro atoms. The maximum absolute atomic E-state index is 12.9. The third-order valence-corrected chi connectivity index (χ3v) is 7.36. The first-order valence-corrected chi connectivity index (χ1v) is 11.6. The summed E-state index contributed by atoms with van der Waals surface area (Å²) in [5, 5.41) is 11.3. The number of carbonyl (C=O) groups is 1. The molecule has 1 amide bonds. The van der Waals surface area contributed by atoms with E-state index < -0.39 is 15.9 Å². The molecule has 0 unspecified atom stereocenters. The van der Waals surface area contributed by atoms with Crippen LogP contribution in [-0.4, -0.2) is 46.7 Å². The summed E-state index contributed by atoms with van der Waals surface area (Å²) in [6.45, 7) is 7.74. The Hall–Kier alpha value is -2.75. The molecule has 31 heavy (non-hydrogen) atoms. The lowest BCUT2D eigenvalue weighted by Gasteiger charge is -2.20. The normalized spacial score (nSPS) is 11.7. The quantitative estimate of drug-likeness (QED) is 0.576. The van der Waals surface area contributed by atoms with Gasteiger partial charge in [0.25, 0.3) is 5.91 Å². The van der Waals surface area contributed by atoms with Crippen LogP contribution in [0.25, 0.3) is 5.69 Å². The Morgan fingerprint density at radius 2 is 1.84 bits per heavy atom. The van der Waals surface area contributed by atoms with E-state index in [0.29, 0.717) is 40.7 Å². The van der Waals surface area contributed by atoms with Gasteiger partial charge in [0.2, 0.25) is 10.0 Å². The number of nitrogens with zero attached hydrogens (tertiary/aromatic N) is 4. The topological polar surface area (TPSA) is 97.2 Å². The molecule has 0 aliphatic heterocycles. The second-order valence-corrected chi connectivity index (χ2v) is 9.28. The molecule has 2 aromatic carbocycles. The average molecular weight is 462 g/mol. The lowest BCUT2D eigenvalue weighted by atomic mass is 10.2. The zero-order valence-corrected chi connectivity index (χ0v) is 19.3. The highest BCUT2D eigenvalue weighted by atomic mass is 35.5. The molecular formula is C21H24ClN5O3S. The third kappa shape index (κ3) is 4.63. The number of aryl methyl sites for hydroxylation is 1. The SMILES string of the molecule is CCN(CC)S(=O)(=O)c1cc(NC(=O)c2nnn(-c3cccc(Cl)c3)c2C)ccc1C. The fraction of sp³-hybridized carbons (Fsp3) is 0.286. The number of rotatable bonds is 7. The van der Waals surface area contributed by atoms with E-state index in [1.165, 1.54) is 15.1 Å². The maximum Gasteiger partial charge on any atom is 0.278 e. The van der Waals surface area contributed by atoms with Crippen molar-refractivity contribution in [3.05, 3.63) is 64.4 Å². The van der Waals surface area contributed by atoms with Gasteiger partial charge in [-0.2, -0.15) is 4.31 Å². The van der Waals surface area contributed by atoms with Crippen molar-refractivity contribution in [1.29, 1.82) is 0 Å². The molecule has 0 saturated carbocycles. The van der Waals surface area contributed by atoms with Crippen LogP contribution in [0.5, 0.6) is 0 Å². The lowest BCUT2D eigenvalue weighted by Crippen LogP contribution is -2.31. The summed E-state index contributed by atoms with van der Waals surface area (Å²) >= 11 is 6.04. The molecule has 1 N–H and O–H groups in total. The molecule has 3 rings (SSSR count). The smallest absolute Gasteiger partial charge is 0.278 e. The number of anilines is 1. The minimum Gasteiger partial charge on any atom is -0.320 e. The van der Waals surface area contributed by atoms with Crippen molar-refractivity contribution >= 4 is 33.2 Å². The Balaban J connectivity index is 1.90. The number of hydrogen-bond acceptors (Lipinski definition) is 5. The average Bonchev–Trinajstić information content (AvgIpc) is 3.11. The minimum absolute atomic E-state index is 0.133. The van der Waals surface area contributed by atoms with Crippen LogP contribution < -0.4 is 5.32 Å². The largest absolute Gasteiger partial charge is 0.320 e. The highest BCUT2D eigenvalue weighted by molar-refractivity contribution is 7.89. The number of halogens is 1. The fourth-order valence-electron chi connectivity index (χ4n) is 3.24. The highest BCUT2D eigenvalue weighted by Gasteiger charge is 2.25. The van der Waals surface area contributed by atoms with E-state index in [1.54, 1.807) is 64.1 Å². The Labute approximate surface area is 186 Å². The molecule has 0 aliphatic carbocycles. The van der Waals surface area contributed by atoms with Crippen molar-refractivity contribution in [2.24, 2.45) is 0 Å². The summed E-state index contributed by atoms with van der Waals surface area (Å²) < 4.78 is 28.8. The molecule has 0 bridgehead atoms. The second-order valence-electron chi connectivity index (χ2n) is 6.94. The molecule has 1 heterocycles. The van der Waals surface area contributed by atoms with E-state index >= 15 is 0 Å². The van der Waals surface area contributed by atoms with Gasteiger partial charge in [-0.15, -0.1) is 5.10 Å². The number of sulfonamides is 1. The zero-order chi connectivity index (χ0) is 22.8. The van der Waals surface area contributed by atoms with Gasteiger partial charge in [0, 0.05) is 23.8 Å². The first-order chi connectivity index (χ1) is 14.7. The van der Waals surface area contributed by atoms with Crippen molar-refractivity contribution < 1.29 is 13.2 Å². The third-order valence-electron chi connectivity index (χ3n) is 4.93. The van der Waals surface area contributed by atoms with E-state index in [4.69, 9.17) is 11.6 Å². The van der Waals surface area contributed by atoms with Gasteiger partial charge in [-0.1, -0.05) is 42.8 Å². The van der Waals surface area contributed by atoms with Gasteiger partial charge in [0.15, 0.2) is 5.69 Å². The van der Waals surface area contributed by atoms with Gasteiger partial charge in [0.05, 0.1) is 16.3 Å².